The largest absolute Gasteiger partial charge is 0.454 e. The van der Waals surface area contributed by atoms with E-state index in [2.05, 4.69) is 16.7 Å². The van der Waals surface area contributed by atoms with Gasteiger partial charge in [0.2, 0.25) is 6.79 Å². The van der Waals surface area contributed by atoms with E-state index in [1.807, 2.05) is 18.2 Å². The molecule has 2 aliphatic heterocycles. The third kappa shape index (κ3) is 5.30. The summed E-state index contributed by atoms with van der Waals surface area (Å²) in [6.45, 7) is 1.87. The van der Waals surface area contributed by atoms with Crippen molar-refractivity contribution in [3.63, 3.8) is 0 Å². The number of ether oxygens (including phenoxy) is 3. The summed E-state index contributed by atoms with van der Waals surface area (Å²) in [5.74, 6) is 0.236. The van der Waals surface area contributed by atoms with Crippen molar-refractivity contribution in [1.82, 2.24) is 10.6 Å². The number of fused-ring (bicyclic) bond motifs is 1. The van der Waals surface area contributed by atoms with Crippen LogP contribution in [0.4, 0.5) is 9.18 Å². The predicted octanol–water partition coefficient (Wildman–Crippen LogP) is 4.97. The molecule has 9 heteroatoms. The van der Waals surface area contributed by atoms with Gasteiger partial charge in [-0.15, -0.1) is 0 Å². The lowest BCUT2D eigenvalue weighted by Gasteiger charge is -2.30. The number of hydrogen-bond acceptors (Lipinski definition) is 6. The summed E-state index contributed by atoms with van der Waals surface area (Å²) in [4.78, 5) is 26.2. The van der Waals surface area contributed by atoms with Crippen molar-refractivity contribution < 1.29 is 28.2 Å². The number of carbonyl (C=O) groups excluding carboxylic acids is 2. The molecule has 0 spiro atoms. The second-order valence-electron chi connectivity index (χ2n) is 8.95. The molecule has 0 aliphatic carbocycles. The number of amides is 2. The number of carbonyl (C=O) groups is 2. The highest BCUT2D eigenvalue weighted by atomic mass is 19.1. The Morgan fingerprint density at radius 1 is 1.11 bits per heavy atom. The number of nitrogens with zero attached hydrogens (tertiary/aromatic N) is 1. The first kappa shape index (κ1) is 24.8. The molecule has 2 N–H and O–H groups in total. The molecule has 2 heterocycles. The Hall–Kier alpha value is -4.84. The molecule has 3 aromatic rings. The van der Waals surface area contributed by atoms with E-state index in [1.54, 1.807) is 31.2 Å². The molecule has 0 saturated heterocycles. The zero-order valence-corrected chi connectivity index (χ0v) is 20.5. The smallest absolute Gasteiger partial charge is 0.338 e. The number of urea groups is 1. The van der Waals surface area contributed by atoms with Gasteiger partial charge >= 0.3 is 12.0 Å². The quantitative estimate of drug-likeness (QED) is 0.432. The van der Waals surface area contributed by atoms with Gasteiger partial charge < -0.3 is 24.8 Å². The molecular formula is C29H24FN3O5. The maximum absolute atomic E-state index is 13.6. The number of allylic oxidation sites excluding steroid dienone is 1. The average Bonchev–Trinajstić information content (AvgIpc) is 3.40. The molecule has 0 fully saturated rings. The summed E-state index contributed by atoms with van der Waals surface area (Å²) >= 11 is 0. The highest BCUT2D eigenvalue weighted by Crippen LogP contribution is 2.34. The van der Waals surface area contributed by atoms with Crippen LogP contribution >= 0.6 is 0 Å². The third-order valence-corrected chi connectivity index (χ3v) is 6.45. The van der Waals surface area contributed by atoms with Crippen LogP contribution in [0.5, 0.6) is 11.5 Å². The third-order valence-electron chi connectivity index (χ3n) is 6.45. The minimum atomic E-state index is -0.846. The molecule has 8 nitrogen and oxygen atoms in total. The van der Waals surface area contributed by atoms with Crippen LogP contribution in [0.15, 0.2) is 78.0 Å². The van der Waals surface area contributed by atoms with Crippen LogP contribution in [-0.2, 0) is 16.0 Å². The van der Waals surface area contributed by atoms with Crippen molar-refractivity contribution in [2.75, 3.05) is 6.79 Å². The highest BCUT2D eigenvalue weighted by Gasteiger charge is 2.34. The molecular weight excluding hydrogens is 489 g/mol. The molecule has 2 amide bonds. The number of nitriles is 1. The molecule has 2 aliphatic rings. The van der Waals surface area contributed by atoms with Crippen LogP contribution in [0.2, 0.25) is 0 Å². The molecule has 2 atom stereocenters. The first-order valence-electron chi connectivity index (χ1n) is 12.1. The van der Waals surface area contributed by atoms with Gasteiger partial charge in [0.1, 0.15) is 11.9 Å². The topological polar surface area (TPSA) is 110 Å². The Morgan fingerprint density at radius 3 is 2.68 bits per heavy atom. The average molecular weight is 514 g/mol. The fourth-order valence-corrected chi connectivity index (χ4v) is 4.48. The van der Waals surface area contributed by atoms with Gasteiger partial charge in [-0.2, -0.15) is 5.26 Å². The molecule has 0 saturated carbocycles. The second kappa shape index (κ2) is 10.6. The first-order chi connectivity index (χ1) is 18.4. The van der Waals surface area contributed by atoms with Crippen molar-refractivity contribution in [1.29, 1.82) is 5.26 Å². The van der Waals surface area contributed by atoms with Crippen LogP contribution in [0.1, 0.15) is 47.7 Å². The second-order valence-corrected chi connectivity index (χ2v) is 8.95. The minimum absolute atomic E-state index is 0.163. The molecule has 2 unspecified atom stereocenters. The summed E-state index contributed by atoms with van der Waals surface area (Å²) in [5.41, 5.74) is 3.20. The SMILES string of the molecule is CC(OC(=O)C1=C(CCc2ccc3c(c2)OCO3)NC(=O)NC1c1ccc(F)cc1)c1cccc(C#N)c1. The number of rotatable bonds is 7. The fourth-order valence-electron chi connectivity index (χ4n) is 4.48. The number of esters is 1. The van der Waals surface area contributed by atoms with E-state index >= 15 is 0 Å². The number of halogens is 1. The van der Waals surface area contributed by atoms with Crippen LogP contribution in [-0.4, -0.2) is 18.8 Å². The van der Waals surface area contributed by atoms with Gasteiger partial charge in [0.05, 0.1) is 23.2 Å². The van der Waals surface area contributed by atoms with Crippen LogP contribution in [0, 0.1) is 17.1 Å². The van der Waals surface area contributed by atoms with Crippen LogP contribution in [0.3, 0.4) is 0 Å². The number of benzene rings is 3. The van der Waals surface area contributed by atoms with Gasteiger partial charge in [-0.1, -0.05) is 30.3 Å². The van der Waals surface area contributed by atoms with E-state index in [1.165, 1.54) is 24.3 Å². The molecule has 0 radical (unpaired) electrons. The van der Waals surface area contributed by atoms with E-state index in [0.717, 1.165) is 5.56 Å². The van der Waals surface area contributed by atoms with Crippen molar-refractivity contribution in [2.24, 2.45) is 0 Å². The summed E-state index contributed by atoms with van der Waals surface area (Å²) in [5, 5.41) is 14.8. The normalized spacial score (nSPS) is 16.8. The van der Waals surface area contributed by atoms with Crippen molar-refractivity contribution in [2.45, 2.75) is 31.9 Å². The first-order valence-corrected chi connectivity index (χ1v) is 12.1. The molecule has 192 valence electrons. The lowest BCUT2D eigenvalue weighted by Crippen LogP contribution is -2.46. The zero-order chi connectivity index (χ0) is 26.6. The lowest BCUT2D eigenvalue weighted by atomic mass is 9.93. The van der Waals surface area contributed by atoms with Crippen molar-refractivity contribution in [3.8, 4) is 17.6 Å². The van der Waals surface area contributed by atoms with Gasteiger partial charge in [-0.25, -0.2) is 14.0 Å². The molecule has 0 bridgehead atoms. The number of hydrogen-bond donors (Lipinski definition) is 2. The van der Waals surface area contributed by atoms with E-state index in [4.69, 9.17) is 14.2 Å². The lowest BCUT2D eigenvalue weighted by molar-refractivity contribution is -0.144. The molecule has 5 rings (SSSR count). The van der Waals surface area contributed by atoms with Crippen LogP contribution < -0.4 is 20.1 Å². The van der Waals surface area contributed by atoms with Gasteiger partial charge in [-0.05, 0) is 72.9 Å². The highest BCUT2D eigenvalue weighted by molar-refractivity contribution is 5.95. The van der Waals surface area contributed by atoms with Gasteiger partial charge in [0.15, 0.2) is 11.5 Å². The Bertz CT molecular complexity index is 1460. The molecule has 3 aromatic carbocycles. The summed E-state index contributed by atoms with van der Waals surface area (Å²) in [6, 6.07) is 18.7. The molecule has 38 heavy (non-hydrogen) atoms. The van der Waals surface area contributed by atoms with Crippen molar-refractivity contribution in [3.05, 3.63) is 106 Å². The number of nitrogens with one attached hydrogen (secondary N) is 2. The summed E-state index contributed by atoms with van der Waals surface area (Å²) < 4.78 is 30.3. The predicted molar refractivity (Wildman–Crippen MR) is 134 cm³/mol. The van der Waals surface area contributed by atoms with Crippen molar-refractivity contribution >= 4 is 12.0 Å². The van der Waals surface area contributed by atoms with Crippen LogP contribution in [0.25, 0.3) is 0 Å². The number of aryl methyl sites for hydroxylation is 1. The Labute approximate surface area is 218 Å². The monoisotopic (exact) mass is 513 g/mol. The fraction of sp³-hybridized carbons (Fsp3) is 0.207. The zero-order valence-electron chi connectivity index (χ0n) is 20.5. The molecule has 0 aromatic heterocycles. The maximum Gasteiger partial charge on any atom is 0.338 e. The van der Waals surface area contributed by atoms with E-state index in [-0.39, 0.29) is 12.4 Å². The Morgan fingerprint density at radius 2 is 1.89 bits per heavy atom. The summed E-state index contributed by atoms with van der Waals surface area (Å²) in [6.07, 6.45) is 0.164. The standard InChI is InChI=1S/C29H24FN3O5/c1-17(21-4-2-3-19(13-21)15-31)38-28(34)26-23(11-5-18-6-12-24-25(14-18)37-16-36-24)32-29(35)33-27(26)20-7-9-22(30)10-8-20/h2-4,6-10,12-14,17,27H,5,11,16H2,1H3,(H2,32,33,35). The van der Waals surface area contributed by atoms with Gasteiger partial charge in [0.25, 0.3) is 0 Å². The Kier molecular flexibility index (Phi) is 6.96. The van der Waals surface area contributed by atoms with E-state index in [0.29, 0.717) is 46.7 Å². The minimum Gasteiger partial charge on any atom is -0.454 e. The Balaban J connectivity index is 1.46. The maximum atomic E-state index is 13.6. The van der Waals surface area contributed by atoms with E-state index in [9.17, 15) is 19.2 Å². The van der Waals surface area contributed by atoms with E-state index < -0.39 is 30.0 Å². The summed E-state index contributed by atoms with van der Waals surface area (Å²) in [7, 11) is 0. The van der Waals surface area contributed by atoms with Gasteiger partial charge in [-0.3, -0.25) is 0 Å². The van der Waals surface area contributed by atoms with Gasteiger partial charge in [0, 0.05) is 5.70 Å².